The van der Waals surface area contributed by atoms with Crippen molar-refractivity contribution in [3.63, 3.8) is 0 Å². The fraction of sp³-hybridized carbons (Fsp3) is 0.905. The van der Waals surface area contributed by atoms with Crippen LogP contribution < -0.4 is 0 Å². The van der Waals surface area contributed by atoms with Gasteiger partial charge in [-0.25, -0.2) is 4.57 Å². The molecule has 10 heteroatoms. The fourth-order valence-corrected chi connectivity index (χ4v) is 10.1. The first-order valence-electron chi connectivity index (χ1n) is 31.6. The van der Waals surface area contributed by atoms with Crippen molar-refractivity contribution in [2.24, 2.45) is 0 Å². The van der Waals surface area contributed by atoms with Crippen LogP contribution in [0.25, 0.3) is 0 Å². The van der Waals surface area contributed by atoms with Crippen LogP contribution in [-0.4, -0.2) is 74.9 Å². The van der Waals surface area contributed by atoms with E-state index in [2.05, 4.69) is 38.2 Å². The van der Waals surface area contributed by atoms with Gasteiger partial charge >= 0.3 is 19.8 Å². The molecule has 0 aliphatic heterocycles. The maximum atomic E-state index is 12.8. The smallest absolute Gasteiger partial charge is 0.462 e. The molecule has 2 unspecified atom stereocenters. The molecule has 0 radical (unpaired) electrons. The van der Waals surface area contributed by atoms with Crippen LogP contribution in [0.2, 0.25) is 0 Å². The number of nitrogens with zero attached hydrogens (tertiary/aromatic N) is 1. The number of allylic oxidation sites excluding steroid dienone is 4. The summed E-state index contributed by atoms with van der Waals surface area (Å²) < 4.78 is 34.6. The van der Waals surface area contributed by atoms with E-state index in [1.54, 1.807) is 0 Å². The molecule has 0 saturated heterocycles. The number of hydrogen-bond donors (Lipinski definition) is 1. The summed E-state index contributed by atoms with van der Waals surface area (Å²) in [6.07, 6.45) is 67.0. The number of ether oxygens (including phenoxy) is 2. The first kappa shape index (κ1) is 71.5. The number of quaternary nitrogens is 1. The molecule has 9 nitrogen and oxygen atoms in total. The summed E-state index contributed by atoms with van der Waals surface area (Å²) in [5.41, 5.74) is 0. The van der Waals surface area contributed by atoms with E-state index >= 15 is 0 Å². The second-order valence-corrected chi connectivity index (χ2v) is 24.3. The van der Waals surface area contributed by atoms with Gasteiger partial charge in [0.05, 0.1) is 27.7 Å². The predicted molar refractivity (Wildman–Crippen MR) is 312 cm³/mol. The maximum Gasteiger partial charge on any atom is 0.472 e. The topological polar surface area (TPSA) is 108 Å². The number of hydrogen-bond acceptors (Lipinski definition) is 7. The van der Waals surface area contributed by atoms with Crippen molar-refractivity contribution in [1.82, 2.24) is 0 Å². The van der Waals surface area contributed by atoms with E-state index in [1.165, 1.54) is 244 Å². The predicted octanol–water partition coefficient (Wildman–Crippen LogP) is 19.8. The third-order valence-corrected chi connectivity index (χ3v) is 15.2. The summed E-state index contributed by atoms with van der Waals surface area (Å²) in [6, 6.07) is 0. The number of phosphoric ester groups is 1. The van der Waals surface area contributed by atoms with Gasteiger partial charge in [-0.15, -0.1) is 0 Å². The van der Waals surface area contributed by atoms with Crippen molar-refractivity contribution >= 4 is 19.8 Å². The second kappa shape index (κ2) is 55.3. The quantitative estimate of drug-likeness (QED) is 0.0211. The molecule has 1 N–H and O–H groups in total. The van der Waals surface area contributed by atoms with Gasteiger partial charge in [-0.05, 0) is 44.9 Å². The highest BCUT2D eigenvalue weighted by molar-refractivity contribution is 7.47. The van der Waals surface area contributed by atoms with E-state index in [1.807, 2.05) is 21.1 Å². The monoisotopic (exact) mass is 1050 g/mol. The Balaban J connectivity index is 3.98. The van der Waals surface area contributed by atoms with Crippen LogP contribution in [0.1, 0.15) is 316 Å². The molecule has 0 aliphatic carbocycles. The van der Waals surface area contributed by atoms with E-state index in [0.717, 1.165) is 38.5 Å². The molecular weight excluding hydrogens is 930 g/mol. The number of esters is 2. The summed E-state index contributed by atoms with van der Waals surface area (Å²) in [6.45, 7) is 4.48. The minimum atomic E-state index is -4.38. The lowest BCUT2D eigenvalue weighted by Gasteiger charge is -2.24. The molecule has 0 aromatic heterocycles. The van der Waals surface area contributed by atoms with Crippen molar-refractivity contribution in [3.05, 3.63) is 24.3 Å². The van der Waals surface area contributed by atoms with Gasteiger partial charge in [-0.3, -0.25) is 18.6 Å². The van der Waals surface area contributed by atoms with Crippen molar-refractivity contribution < 1.29 is 42.1 Å². The summed E-state index contributed by atoms with van der Waals surface area (Å²) in [7, 11) is 1.50. The Morgan fingerprint density at radius 3 is 1.08 bits per heavy atom. The normalized spacial score (nSPS) is 13.3. The third-order valence-electron chi connectivity index (χ3n) is 14.2. The molecule has 0 amide bonds. The fourth-order valence-electron chi connectivity index (χ4n) is 9.34. The standard InChI is InChI=1S/C63H122NO8P/c1-6-8-10-12-14-16-18-20-22-24-25-26-27-28-29-30-31-32-33-34-35-36-37-38-39-40-42-44-46-48-50-52-54-56-63(66)72-61(60-71-73(67,68)70-58-57-64(3,4)5)59-69-62(65)55-53-51-49-47-45-43-41-23-21-19-17-15-13-11-9-7-2/h18,20,24-25,61H,6-17,19,21-23,26-60H2,1-5H3/p+1/b20-18-,25-24-. The van der Waals surface area contributed by atoms with Gasteiger partial charge in [0.1, 0.15) is 19.8 Å². The van der Waals surface area contributed by atoms with Gasteiger partial charge in [-0.1, -0.05) is 282 Å². The number of rotatable bonds is 59. The van der Waals surface area contributed by atoms with E-state index in [0.29, 0.717) is 23.9 Å². The Labute approximate surface area is 453 Å². The van der Waals surface area contributed by atoms with Gasteiger partial charge < -0.3 is 18.9 Å². The minimum absolute atomic E-state index is 0.0357. The van der Waals surface area contributed by atoms with Gasteiger partial charge in [0.2, 0.25) is 0 Å². The van der Waals surface area contributed by atoms with Crippen LogP contribution in [0.5, 0.6) is 0 Å². The minimum Gasteiger partial charge on any atom is -0.462 e. The third kappa shape index (κ3) is 59.6. The first-order chi connectivity index (χ1) is 35.5. The number of carbonyl (C=O) groups is 2. The zero-order chi connectivity index (χ0) is 53.5. The molecule has 0 aromatic rings. The molecular formula is C63H123NO8P+. The lowest BCUT2D eigenvalue weighted by atomic mass is 10.0. The average Bonchev–Trinajstić information content (AvgIpc) is 3.35. The molecule has 0 spiro atoms. The van der Waals surface area contributed by atoms with Gasteiger partial charge in [0.15, 0.2) is 6.10 Å². The highest BCUT2D eigenvalue weighted by Crippen LogP contribution is 2.43. The molecule has 0 aliphatic rings. The molecule has 432 valence electrons. The van der Waals surface area contributed by atoms with E-state index in [-0.39, 0.29) is 25.6 Å². The van der Waals surface area contributed by atoms with Crippen LogP contribution in [0.15, 0.2) is 24.3 Å². The Bertz CT molecular complexity index is 1280. The number of unbranched alkanes of at least 4 members (excludes halogenated alkanes) is 41. The molecule has 2 atom stereocenters. The Morgan fingerprint density at radius 2 is 0.740 bits per heavy atom. The largest absolute Gasteiger partial charge is 0.472 e. The summed E-state index contributed by atoms with van der Waals surface area (Å²) in [4.78, 5) is 35.7. The second-order valence-electron chi connectivity index (χ2n) is 22.8. The van der Waals surface area contributed by atoms with E-state index in [9.17, 15) is 19.0 Å². The average molecular weight is 1050 g/mol. The summed E-state index contributed by atoms with van der Waals surface area (Å²) in [5.74, 6) is -0.777. The number of phosphoric acid groups is 1. The van der Waals surface area contributed by atoms with Gasteiger partial charge in [-0.2, -0.15) is 0 Å². The molecule has 0 heterocycles. The molecule has 0 rings (SSSR count). The van der Waals surface area contributed by atoms with Crippen LogP contribution in [-0.2, 0) is 32.7 Å². The molecule has 73 heavy (non-hydrogen) atoms. The van der Waals surface area contributed by atoms with Crippen molar-refractivity contribution in [2.75, 3.05) is 47.5 Å². The van der Waals surface area contributed by atoms with Crippen LogP contribution in [0.3, 0.4) is 0 Å². The van der Waals surface area contributed by atoms with Crippen LogP contribution >= 0.6 is 7.82 Å². The summed E-state index contributed by atoms with van der Waals surface area (Å²) in [5, 5.41) is 0. The van der Waals surface area contributed by atoms with Gasteiger partial charge in [0.25, 0.3) is 0 Å². The SMILES string of the molecule is CCCCCCC/C=C\C/C=C\CCCCCCCCCCCCCCCCCCCCCCCC(=O)OC(COC(=O)CCCCCCCCCCCCCCCCCC)COP(=O)(O)OCC[N+](C)(C)C. The molecule has 0 aromatic carbocycles. The lowest BCUT2D eigenvalue weighted by molar-refractivity contribution is -0.870. The van der Waals surface area contributed by atoms with Crippen molar-refractivity contribution in [2.45, 2.75) is 322 Å². The molecule has 0 saturated carbocycles. The zero-order valence-corrected chi connectivity index (χ0v) is 50.0. The summed E-state index contributed by atoms with van der Waals surface area (Å²) >= 11 is 0. The maximum absolute atomic E-state index is 12.8. The van der Waals surface area contributed by atoms with Gasteiger partial charge in [0, 0.05) is 12.8 Å². The first-order valence-corrected chi connectivity index (χ1v) is 33.1. The zero-order valence-electron chi connectivity index (χ0n) is 49.1. The van der Waals surface area contributed by atoms with E-state index < -0.39 is 26.5 Å². The lowest BCUT2D eigenvalue weighted by Crippen LogP contribution is -2.37. The Morgan fingerprint density at radius 1 is 0.425 bits per heavy atom. The van der Waals surface area contributed by atoms with Crippen molar-refractivity contribution in [1.29, 1.82) is 0 Å². The molecule has 0 fully saturated rings. The number of likely N-dealkylation sites (N-methyl/N-ethyl adjacent to an activating group) is 1. The highest BCUT2D eigenvalue weighted by atomic mass is 31.2. The Hall–Kier alpha value is -1.51. The molecule has 0 bridgehead atoms. The number of carbonyl (C=O) groups excluding carboxylic acids is 2. The van der Waals surface area contributed by atoms with E-state index in [4.69, 9.17) is 18.5 Å². The van der Waals surface area contributed by atoms with Crippen LogP contribution in [0.4, 0.5) is 0 Å². The Kier molecular flexibility index (Phi) is 54.1. The highest BCUT2D eigenvalue weighted by Gasteiger charge is 2.27. The van der Waals surface area contributed by atoms with Crippen LogP contribution in [0, 0.1) is 0 Å². The van der Waals surface area contributed by atoms with Crippen molar-refractivity contribution in [3.8, 4) is 0 Å².